The fourth-order valence-electron chi connectivity index (χ4n) is 3.02. The first-order valence-corrected chi connectivity index (χ1v) is 9.26. The summed E-state index contributed by atoms with van der Waals surface area (Å²) in [5.74, 6) is -0.0537. The molecule has 1 saturated carbocycles. The van der Waals surface area contributed by atoms with Crippen molar-refractivity contribution in [3.05, 3.63) is 63.9 Å². The Bertz CT molecular complexity index is 853. The average Bonchev–Trinajstić information content (AvgIpc) is 3.37. The molecule has 26 heavy (non-hydrogen) atoms. The number of oxime groups is 1. The fourth-order valence-corrected chi connectivity index (χ4v) is 3.53. The van der Waals surface area contributed by atoms with Gasteiger partial charge in [0.1, 0.15) is 0 Å². The van der Waals surface area contributed by atoms with Gasteiger partial charge in [0.15, 0.2) is 0 Å². The summed E-state index contributed by atoms with van der Waals surface area (Å²) < 4.78 is 0. The molecule has 7 heteroatoms. The highest BCUT2D eigenvalue weighted by molar-refractivity contribution is 6.37. The highest BCUT2D eigenvalue weighted by atomic mass is 35.5. The molecule has 5 nitrogen and oxygen atoms in total. The highest BCUT2D eigenvalue weighted by Gasteiger charge is 2.39. The molecule has 0 radical (unpaired) electrons. The second-order valence-corrected chi connectivity index (χ2v) is 7.32. The zero-order chi connectivity index (χ0) is 18.1. The largest absolute Gasteiger partial charge is 0.382 e. The first-order valence-electron chi connectivity index (χ1n) is 8.50. The minimum atomic E-state index is -0.624. The molecule has 0 spiro atoms. The summed E-state index contributed by atoms with van der Waals surface area (Å²) in [6.07, 6.45) is 3.54. The first-order chi connectivity index (χ1) is 12.6. The lowest BCUT2D eigenvalue weighted by molar-refractivity contribution is -0.143. The van der Waals surface area contributed by atoms with Crippen LogP contribution >= 0.6 is 23.2 Å². The second kappa shape index (κ2) is 7.25. The lowest BCUT2D eigenvalue weighted by atomic mass is 10.0. The van der Waals surface area contributed by atoms with Crippen LogP contribution in [0.15, 0.2) is 47.8 Å². The number of halogens is 2. The van der Waals surface area contributed by atoms with Gasteiger partial charge in [0, 0.05) is 29.2 Å². The van der Waals surface area contributed by atoms with Gasteiger partial charge >= 0.3 is 0 Å². The van der Waals surface area contributed by atoms with Gasteiger partial charge in [-0.1, -0.05) is 40.5 Å². The summed E-state index contributed by atoms with van der Waals surface area (Å²) in [5, 5.41) is 5.15. The van der Waals surface area contributed by atoms with Crippen molar-refractivity contribution in [2.45, 2.75) is 38.0 Å². The SMILES string of the molecule is O=C([C@H]1CC(c2ccc(Cl)cc2Cl)=NO1)N(Cc1ccccn1)C1CC1. The summed E-state index contributed by atoms with van der Waals surface area (Å²) in [6, 6.07) is 11.2. The van der Waals surface area contributed by atoms with Gasteiger partial charge in [-0.15, -0.1) is 0 Å². The molecule has 2 heterocycles. The Balaban J connectivity index is 1.46. The standard InChI is InChI=1S/C19H17Cl2N3O2/c20-12-4-7-15(16(21)9-12)17-10-18(26-23-17)19(25)24(14-5-6-14)11-13-3-1-2-8-22-13/h1-4,7-9,14,18H,5-6,10-11H2/t18-/m1/s1. The van der Waals surface area contributed by atoms with E-state index in [-0.39, 0.29) is 11.9 Å². The number of pyridine rings is 1. The number of carbonyl (C=O) groups excluding carboxylic acids is 1. The number of hydrogen-bond acceptors (Lipinski definition) is 4. The van der Waals surface area contributed by atoms with Crippen LogP contribution in [0.3, 0.4) is 0 Å². The van der Waals surface area contributed by atoms with Crippen LogP contribution in [0.2, 0.25) is 10.0 Å². The Morgan fingerprint density at radius 3 is 2.77 bits per heavy atom. The average molecular weight is 390 g/mol. The molecular weight excluding hydrogens is 373 g/mol. The van der Waals surface area contributed by atoms with Crippen molar-refractivity contribution < 1.29 is 9.63 Å². The molecule has 1 amide bonds. The number of carbonyl (C=O) groups is 1. The number of hydrogen-bond donors (Lipinski definition) is 0. The van der Waals surface area contributed by atoms with Crippen LogP contribution in [-0.4, -0.2) is 33.6 Å². The van der Waals surface area contributed by atoms with E-state index < -0.39 is 6.10 Å². The molecule has 0 unspecified atom stereocenters. The van der Waals surface area contributed by atoms with Gasteiger partial charge in [0.25, 0.3) is 5.91 Å². The number of aromatic nitrogens is 1. The maximum absolute atomic E-state index is 13.0. The Labute approximate surface area is 161 Å². The van der Waals surface area contributed by atoms with Crippen molar-refractivity contribution >= 4 is 34.8 Å². The zero-order valence-corrected chi connectivity index (χ0v) is 15.5. The highest BCUT2D eigenvalue weighted by Crippen LogP contribution is 2.31. The van der Waals surface area contributed by atoms with Gasteiger partial charge in [0.2, 0.25) is 6.10 Å². The van der Waals surface area contributed by atoms with Crippen molar-refractivity contribution in [3.8, 4) is 0 Å². The third-order valence-electron chi connectivity index (χ3n) is 4.52. The van der Waals surface area contributed by atoms with Crippen LogP contribution in [0.4, 0.5) is 0 Å². The topological polar surface area (TPSA) is 54.8 Å². The van der Waals surface area contributed by atoms with E-state index in [2.05, 4.69) is 10.1 Å². The van der Waals surface area contributed by atoms with Gasteiger partial charge in [0.05, 0.1) is 23.0 Å². The molecule has 1 aliphatic carbocycles. The van der Waals surface area contributed by atoms with E-state index in [0.717, 1.165) is 24.1 Å². The van der Waals surface area contributed by atoms with Gasteiger partial charge in [-0.25, -0.2) is 0 Å². The van der Waals surface area contributed by atoms with Gasteiger partial charge in [-0.05, 0) is 37.1 Å². The molecule has 2 aliphatic rings. The van der Waals surface area contributed by atoms with Crippen molar-refractivity contribution in [2.75, 3.05) is 0 Å². The van der Waals surface area contributed by atoms with Crippen molar-refractivity contribution in [2.24, 2.45) is 5.16 Å². The van der Waals surface area contributed by atoms with E-state index in [9.17, 15) is 4.79 Å². The van der Waals surface area contributed by atoms with Crippen LogP contribution in [0.1, 0.15) is 30.5 Å². The molecule has 1 aromatic carbocycles. The van der Waals surface area contributed by atoms with E-state index in [0.29, 0.717) is 28.7 Å². The number of nitrogens with zero attached hydrogens (tertiary/aromatic N) is 3. The summed E-state index contributed by atoms with van der Waals surface area (Å²) in [4.78, 5) is 24.6. The monoisotopic (exact) mass is 389 g/mol. The summed E-state index contributed by atoms with van der Waals surface area (Å²) >= 11 is 12.2. The normalized spacial score (nSPS) is 19.0. The maximum Gasteiger partial charge on any atom is 0.267 e. The van der Waals surface area contributed by atoms with Crippen LogP contribution in [-0.2, 0) is 16.2 Å². The lowest BCUT2D eigenvalue weighted by Gasteiger charge is -2.24. The van der Waals surface area contributed by atoms with Crippen molar-refractivity contribution in [3.63, 3.8) is 0 Å². The molecule has 1 aromatic heterocycles. The summed E-state index contributed by atoms with van der Waals surface area (Å²) in [6.45, 7) is 0.487. The van der Waals surface area contributed by atoms with E-state index >= 15 is 0 Å². The summed E-state index contributed by atoms with van der Waals surface area (Å²) in [5.41, 5.74) is 2.28. The summed E-state index contributed by atoms with van der Waals surface area (Å²) in [7, 11) is 0. The fraction of sp³-hybridized carbons (Fsp3) is 0.316. The van der Waals surface area contributed by atoms with E-state index in [1.54, 1.807) is 24.4 Å². The molecule has 0 bridgehead atoms. The Kier molecular flexibility index (Phi) is 4.83. The van der Waals surface area contributed by atoms with Crippen LogP contribution in [0.5, 0.6) is 0 Å². The zero-order valence-electron chi connectivity index (χ0n) is 13.9. The molecule has 2 aromatic rings. The Hall–Kier alpha value is -2.11. The third-order valence-corrected chi connectivity index (χ3v) is 5.06. The lowest BCUT2D eigenvalue weighted by Crippen LogP contribution is -2.40. The van der Waals surface area contributed by atoms with Crippen LogP contribution in [0.25, 0.3) is 0 Å². The number of rotatable bonds is 5. The van der Waals surface area contributed by atoms with Crippen molar-refractivity contribution in [1.29, 1.82) is 0 Å². The van der Waals surface area contributed by atoms with E-state index in [1.807, 2.05) is 23.1 Å². The molecule has 1 fully saturated rings. The molecule has 134 valence electrons. The van der Waals surface area contributed by atoms with Gasteiger partial charge in [-0.2, -0.15) is 0 Å². The van der Waals surface area contributed by atoms with Crippen LogP contribution < -0.4 is 0 Å². The van der Waals surface area contributed by atoms with Gasteiger partial charge in [-0.3, -0.25) is 9.78 Å². The minimum absolute atomic E-state index is 0.0537. The Morgan fingerprint density at radius 1 is 1.23 bits per heavy atom. The molecule has 1 aliphatic heterocycles. The van der Waals surface area contributed by atoms with E-state index in [4.69, 9.17) is 28.0 Å². The minimum Gasteiger partial charge on any atom is -0.382 e. The predicted molar refractivity (Wildman–Crippen MR) is 100 cm³/mol. The third kappa shape index (κ3) is 3.69. The maximum atomic E-state index is 13.0. The molecule has 4 rings (SSSR count). The molecule has 0 saturated heterocycles. The first kappa shape index (κ1) is 17.3. The van der Waals surface area contributed by atoms with Crippen molar-refractivity contribution in [1.82, 2.24) is 9.88 Å². The molecule has 1 atom stereocenters. The smallest absolute Gasteiger partial charge is 0.267 e. The number of benzene rings is 1. The number of amides is 1. The predicted octanol–water partition coefficient (Wildman–Crippen LogP) is 4.07. The molecular formula is C19H17Cl2N3O2. The Morgan fingerprint density at radius 2 is 2.08 bits per heavy atom. The quantitative estimate of drug-likeness (QED) is 0.773. The molecule has 0 N–H and O–H groups in total. The van der Waals surface area contributed by atoms with Gasteiger partial charge < -0.3 is 9.74 Å². The van der Waals surface area contributed by atoms with E-state index in [1.165, 1.54) is 0 Å². The second-order valence-electron chi connectivity index (χ2n) is 6.48. The van der Waals surface area contributed by atoms with Crippen LogP contribution in [0, 0.1) is 0 Å².